The molecule has 4 rings (SSSR count). The first-order valence-corrected chi connectivity index (χ1v) is 8.17. The topological polar surface area (TPSA) is 72.7 Å². The van der Waals surface area contributed by atoms with Crippen LogP contribution in [0.25, 0.3) is 5.95 Å². The summed E-state index contributed by atoms with van der Waals surface area (Å²) < 4.78 is 29.0. The van der Waals surface area contributed by atoms with Crippen molar-refractivity contribution < 1.29 is 13.6 Å². The Labute approximate surface area is 147 Å². The summed E-state index contributed by atoms with van der Waals surface area (Å²) in [6, 6.07) is 5.26. The third kappa shape index (κ3) is 3.05. The van der Waals surface area contributed by atoms with Crippen LogP contribution in [0.2, 0.25) is 0 Å². The molecule has 2 aromatic heterocycles. The standard InChI is InChI=1S/C18H15F2N5O/c1-10-7-15(11-5-6-11)25(24-10)18-21-8-12(9-22-18)23-17(26)16-13(19)3-2-4-14(16)20/h2-4,7-9,11H,5-6H2,1H3,(H,23,26). The highest BCUT2D eigenvalue weighted by Crippen LogP contribution is 2.40. The third-order valence-electron chi connectivity index (χ3n) is 4.13. The number of rotatable bonds is 4. The molecule has 0 radical (unpaired) electrons. The molecule has 1 fully saturated rings. The number of anilines is 1. The van der Waals surface area contributed by atoms with Crippen molar-refractivity contribution in [1.29, 1.82) is 0 Å². The van der Waals surface area contributed by atoms with Crippen LogP contribution in [-0.4, -0.2) is 25.7 Å². The Morgan fingerprint density at radius 1 is 1.19 bits per heavy atom. The zero-order valence-electron chi connectivity index (χ0n) is 13.9. The van der Waals surface area contributed by atoms with Crippen LogP contribution in [0.4, 0.5) is 14.5 Å². The summed E-state index contributed by atoms with van der Waals surface area (Å²) in [6.07, 6.45) is 5.00. The van der Waals surface area contributed by atoms with Crippen molar-refractivity contribution in [1.82, 2.24) is 19.7 Å². The Hall–Kier alpha value is -3.16. The lowest BCUT2D eigenvalue weighted by atomic mass is 10.2. The molecule has 0 spiro atoms. The van der Waals surface area contributed by atoms with Gasteiger partial charge in [0.2, 0.25) is 0 Å². The van der Waals surface area contributed by atoms with Gasteiger partial charge in [-0.05, 0) is 38.0 Å². The predicted molar refractivity (Wildman–Crippen MR) is 90.2 cm³/mol. The first-order chi connectivity index (χ1) is 12.5. The largest absolute Gasteiger partial charge is 0.319 e. The lowest BCUT2D eigenvalue weighted by molar-refractivity contribution is 0.101. The summed E-state index contributed by atoms with van der Waals surface area (Å²) in [5.41, 5.74) is 1.53. The molecule has 6 nitrogen and oxygen atoms in total. The maximum Gasteiger partial charge on any atom is 0.261 e. The highest BCUT2D eigenvalue weighted by atomic mass is 19.1. The second-order valence-electron chi connectivity index (χ2n) is 6.22. The number of halogens is 2. The molecule has 1 N–H and O–H groups in total. The van der Waals surface area contributed by atoms with Gasteiger partial charge in [0.05, 0.1) is 29.5 Å². The predicted octanol–water partition coefficient (Wildman–Crippen LogP) is 3.38. The second-order valence-corrected chi connectivity index (χ2v) is 6.22. The van der Waals surface area contributed by atoms with Crippen molar-refractivity contribution in [3.63, 3.8) is 0 Å². The van der Waals surface area contributed by atoms with Gasteiger partial charge < -0.3 is 5.32 Å². The number of hydrogen-bond acceptors (Lipinski definition) is 4. The van der Waals surface area contributed by atoms with Crippen molar-refractivity contribution in [2.45, 2.75) is 25.7 Å². The zero-order chi connectivity index (χ0) is 18.3. The first-order valence-electron chi connectivity index (χ1n) is 8.17. The van der Waals surface area contributed by atoms with Crippen molar-refractivity contribution in [2.75, 3.05) is 5.32 Å². The van der Waals surface area contributed by atoms with Crippen LogP contribution >= 0.6 is 0 Å². The zero-order valence-corrected chi connectivity index (χ0v) is 13.9. The van der Waals surface area contributed by atoms with Crippen molar-refractivity contribution in [2.24, 2.45) is 0 Å². The smallest absolute Gasteiger partial charge is 0.261 e. The number of nitrogens with one attached hydrogen (secondary N) is 1. The van der Waals surface area contributed by atoms with Gasteiger partial charge in [0.1, 0.15) is 17.2 Å². The molecule has 1 aliphatic rings. The first kappa shape index (κ1) is 16.3. The van der Waals surface area contributed by atoms with Gasteiger partial charge in [-0.1, -0.05) is 6.07 Å². The van der Waals surface area contributed by atoms with Gasteiger partial charge in [0, 0.05) is 5.92 Å². The minimum Gasteiger partial charge on any atom is -0.319 e. The molecule has 3 aromatic rings. The second kappa shape index (κ2) is 6.29. The molecule has 0 saturated heterocycles. The van der Waals surface area contributed by atoms with Gasteiger partial charge in [-0.2, -0.15) is 5.10 Å². The quantitative estimate of drug-likeness (QED) is 0.779. The van der Waals surface area contributed by atoms with E-state index in [0.29, 0.717) is 11.9 Å². The van der Waals surface area contributed by atoms with Crippen molar-refractivity contribution in [3.05, 3.63) is 65.2 Å². The fourth-order valence-electron chi connectivity index (χ4n) is 2.75. The van der Waals surface area contributed by atoms with Gasteiger partial charge in [-0.15, -0.1) is 0 Å². The molecule has 0 bridgehead atoms. The van der Waals surface area contributed by atoms with Crippen LogP contribution in [-0.2, 0) is 0 Å². The molecular weight excluding hydrogens is 340 g/mol. The number of amides is 1. The van der Waals surface area contributed by atoms with E-state index < -0.39 is 23.1 Å². The number of aromatic nitrogens is 4. The van der Waals surface area contributed by atoms with E-state index in [1.807, 2.05) is 13.0 Å². The maximum atomic E-state index is 13.7. The molecule has 0 aliphatic heterocycles. The summed E-state index contributed by atoms with van der Waals surface area (Å²) in [5.74, 6) is -1.90. The normalized spacial score (nSPS) is 13.7. The molecule has 0 atom stereocenters. The lowest BCUT2D eigenvalue weighted by Gasteiger charge is -2.08. The Bertz CT molecular complexity index is 959. The molecule has 8 heteroatoms. The average Bonchev–Trinajstić information content (AvgIpc) is 3.37. The van der Waals surface area contributed by atoms with E-state index in [1.54, 1.807) is 4.68 Å². The van der Waals surface area contributed by atoms with Gasteiger partial charge in [0.15, 0.2) is 0 Å². The summed E-state index contributed by atoms with van der Waals surface area (Å²) in [4.78, 5) is 20.5. The van der Waals surface area contributed by atoms with Crippen LogP contribution in [0.5, 0.6) is 0 Å². The van der Waals surface area contributed by atoms with E-state index in [0.717, 1.165) is 36.4 Å². The molecule has 0 unspecified atom stereocenters. The van der Waals surface area contributed by atoms with Gasteiger partial charge >= 0.3 is 0 Å². The average molecular weight is 355 g/mol. The monoisotopic (exact) mass is 355 g/mol. The van der Waals surface area contributed by atoms with Crippen LogP contribution in [0.15, 0.2) is 36.7 Å². The van der Waals surface area contributed by atoms with E-state index >= 15 is 0 Å². The fourth-order valence-corrected chi connectivity index (χ4v) is 2.75. The Morgan fingerprint density at radius 3 is 2.46 bits per heavy atom. The number of benzene rings is 1. The molecule has 1 aliphatic carbocycles. The molecular formula is C18H15F2N5O. The molecule has 2 heterocycles. The summed E-state index contributed by atoms with van der Waals surface area (Å²) >= 11 is 0. The van der Waals surface area contributed by atoms with Crippen LogP contribution in [0.1, 0.15) is 40.5 Å². The summed E-state index contributed by atoms with van der Waals surface area (Å²) in [7, 11) is 0. The van der Waals surface area contributed by atoms with E-state index in [2.05, 4.69) is 20.4 Å². The third-order valence-corrected chi connectivity index (χ3v) is 4.13. The Kier molecular flexibility index (Phi) is 3.95. The SMILES string of the molecule is Cc1cc(C2CC2)n(-c2ncc(NC(=O)c3c(F)cccc3F)cn2)n1. The Morgan fingerprint density at radius 2 is 1.85 bits per heavy atom. The fraction of sp³-hybridized carbons (Fsp3) is 0.222. The summed E-state index contributed by atoms with van der Waals surface area (Å²) in [6.45, 7) is 1.90. The van der Waals surface area contributed by atoms with Gasteiger partial charge in [-0.3, -0.25) is 4.79 Å². The van der Waals surface area contributed by atoms with Gasteiger partial charge in [-0.25, -0.2) is 23.4 Å². The number of nitrogens with zero attached hydrogens (tertiary/aromatic N) is 4. The van der Waals surface area contributed by atoms with Crippen LogP contribution in [0.3, 0.4) is 0 Å². The maximum absolute atomic E-state index is 13.7. The highest BCUT2D eigenvalue weighted by molar-refractivity contribution is 6.04. The summed E-state index contributed by atoms with van der Waals surface area (Å²) in [5, 5.41) is 6.81. The van der Waals surface area contributed by atoms with Crippen molar-refractivity contribution >= 4 is 11.6 Å². The number of hydrogen-bond donors (Lipinski definition) is 1. The van der Waals surface area contributed by atoms with E-state index in [1.165, 1.54) is 18.5 Å². The highest BCUT2D eigenvalue weighted by Gasteiger charge is 2.28. The van der Waals surface area contributed by atoms with Crippen molar-refractivity contribution in [3.8, 4) is 5.95 Å². The lowest BCUT2D eigenvalue weighted by Crippen LogP contribution is -2.16. The minimum atomic E-state index is -0.930. The van der Waals surface area contributed by atoms with Crippen LogP contribution < -0.4 is 5.32 Å². The number of carbonyl (C=O) groups is 1. The molecule has 132 valence electrons. The van der Waals surface area contributed by atoms with Crippen LogP contribution in [0, 0.1) is 18.6 Å². The molecule has 26 heavy (non-hydrogen) atoms. The molecule has 1 aromatic carbocycles. The Balaban J connectivity index is 1.56. The molecule has 1 amide bonds. The van der Waals surface area contributed by atoms with E-state index in [9.17, 15) is 13.6 Å². The van der Waals surface area contributed by atoms with Gasteiger partial charge in [0.25, 0.3) is 11.9 Å². The number of carbonyl (C=O) groups excluding carboxylic acids is 1. The minimum absolute atomic E-state index is 0.234. The molecule has 1 saturated carbocycles. The van der Waals surface area contributed by atoms with E-state index in [-0.39, 0.29) is 5.69 Å². The number of aryl methyl sites for hydroxylation is 1. The van der Waals surface area contributed by atoms with E-state index in [4.69, 9.17) is 0 Å².